The Morgan fingerprint density at radius 1 is 0.829 bits per heavy atom. The van der Waals surface area contributed by atoms with E-state index >= 15 is 0 Å². The Balaban J connectivity index is 2.29. The number of carbonyl (C=O) groups is 4. The van der Waals surface area contributed by atoms with E-state index in [2.05, 4.69) is 0 Å². The molecule has 0 aromatic heterocycles. The van der Waals surface area contributed by atoms with Gasteiger partial charge in [-0.05, 0) is 83.4 Å². The minimum absolute atomic E-state index is 0.0141. The molecule has 0 heterocycles. The fourth-order valence-corrected chi connectivity index (χ4v) is 4.22. The molecule has 0 spiro atoms. The number of rotatable bonds is 13. The minimum Gasteiger partial charge on any atom is -0.480 e. The second-order valence-corrected chi connectivity index (χ2v) is 10.3. The lowest BCUT2D eigenvalue weighted by Gasteiger charge is -2.26. The molecule has 5 atom stereocenters. The molecule has 12 nitrogen and oxygen atoms in total. The lowest BCUT2D eigenvalue weighted by atomic mass is 9.87. The van der Waals surface area contributed by atoms with Crippen LogP contribution in [0.25, 0.3) is 0 Å². The number of carboxylic acids is 1. The molecule has 41 heavy (non-hydrogen) atoms. The minimum atomic E-state index is -1.41. The van der Waals surface area contributed by atoms with Crippen molar-refractivity contribution in [3.05, 3.63) is 23.8 Å². The predicted molar refractivity (Wildman–Crippen MR) is 147 cm³/mol. The molecule has 0 bridgehead atoms. The molecule has 1 aliphatic rings. The third kappa shape index (κ3) is 11.5. The number of ether oxygens (including phenoxy) is 6. The Morgan fingerprint density at radius 2 is 1.37 bits per heavy atom. The maximum atomic E-state index is 12.4. The van der Waals surface area contributed by atoms with E-state index in [1.807, 2.05) is 13.8 Å². The van der Waals surface area contributed by atoms with Gasteiger partial charge in [0.25, 0.3) is 0 Å². The molecule has 0 radical (unpaired) electrons. The Kier molecular flexibility index (Phi) is 13.7. The number of aliphatic carboxylic acids is 1. The van der Waals surface area contributed by atoms with Crippen LogP contribution in [-0.2, 0) is 23.7 Å². The molecule has 12 heteroatoms. The lowest BCUT2D eigenvalue weighted by molar-refractivity contribution is -0.139. The van der Waals surface area contributed by atoms with E-state index in [0.717, 1.165) is 32.1 Å². The zero-order valence-electron chi connectivity index (χ0n) is 24.5. The summed E-state index contributed by atoms with van der Waals surface area (Å²) < 4.78 is 31.8. The van der Waals surface area contributed by atoms with Crippen molar-refractivity contribution < 1.29 is 52.7 Å². The number of benzene rings is 1. The van der Waals surface area contributed by atoms with Gasteiger partial charge in [0.1, 0.15) is 30.5 Å². The predicted octanol–water partition coefficient (Wildman–Crippen LogP) is 6.07. The van der Waals surface area contributed by atoms with Crippen molar-refractivity contribution in [2.75, 3.05) is 0 Å². The van der Waals surface area contributed by atoms with Gasteiger partial charge in [0.05, 0.1) is 0 Å². The molecular weight excluding hydrogens is 538 g/mol. The highest BCUT2D eigenvalue weighted by atomic mass is 16.8. The Morgan fingerprint density at radius 3 is 1.90 bits per heavy atom. The average molecular weight is 582 g/mol. The molecule has 0 amide bonds. The maximum Gasteiger partial charge on any atom is 0.514 e. The first-order chi connectivity index (χ1) is 19.4. The standard InChI is InChI=1S/C29H43NO11/c1-6-17(3)36-28(34)40-23-14-13-20(16-24(23)41-29(35)37-18(4)7-2)22(25(30)26(31)32)15-19(5)38-27(33)39-21-11-9-8-10-12-21/h13-14,16-19,21-22,25H,6-12,15,30H2,1-5H3,(H,31,32)/t17?,18?,19?,22?,25-/m0/s1. The summed E-state index contributed by atoms with van der Waals surface area (Å²) in [5.41, 5.74) is 6.37. The molecule has 1 aromatic carbocycles. The van der Waals surface area contributed by atoms with Crippen molar-refractivity contribution in [1.29, 1.82) is 0 Å². The average Bonchev–Trinajstić information content (AvgIpc) is 2.92. The van der Waals surface area contributed by atoms with Gasteiger partial charge >= 0.3 is 24.4 Å². The Hall–Kier alpha value is -3.54. The van der Waals surface area contributed by atoms with Crippen LogP contribution < -0.4 is 15.2 Å². The van der Waals surface area contributed by atoms with Gasteiger partial charge in [0, 0.05) is 5.92 Å². The molecule has 0 saturated heterocycles. The molecule has 1 saturated carbocycles. The van der Waals surface area contributed by atoms with Gasteiger partial charge in [-0.1, -0.05) is 26.3 Å². The zero-order chi connectivity index (χ0) is 30.5. The van der Waals surface area contributed by atoms with E-state index < -0.39 is 54.7 Å². The van der Waals surface area contributed by atoms with Crippen molar-refractivity contribution >= 4 is 24.4 Å². The highest BCUT2D eigenvalue weighted by Gasteiger charge is 2.31. The quantitative estimate of drug-likeness (QED) is 0.157. The smallest absolute Gasteiger partial charge is 0.480 e. The second kappa shape index (κ2) is 16.7. The Labute approximate surface area is 240 Å². The van der Waals surface area contributed by atoms with Gasteiger partial charge in [-0.25, -0.2) is 14.4 Å². The number of hydrogen-bond acceptors (Lipinski definition) is 11. The highest BCUT2D eigenvalue weighted by Crippen LogP contribution is 2.35. The van der Waals surface area contributed by atoms with Gasteiger partial charge in [-0.2, -0.15) is 0 Å². The van der Waals surface area contributed by atoms with Crippen LogP contribution in [0.15, 0.2) is 18.2 Å². The Bertz CT molecular complexity index is 1020. The molecule has 1 aliphatic carbocycles. The summed E-state index contributed by atoms with van der Waals surface area (Å²) in [5.74, 6) is -2.53. The highest BCUT2D eigenvalue weighted by molar-refractivity contribution is 5.75. The first-order valence-electron chi connectivity index (χ1n) is 14.2. The van der Waals surface area contributed by atoms with E-state index in [9.17, 15) is 24.3 Å². The SMILES string of the molecule is CCC(C)OC(=O)Oc1ccc(C(CC(C)OC(=O)OC2CCCCC2)[C@H](N)C(=O)O)cc1OC(=O)OC(C)CC. The van der Waals surface area contributed by atoms with E-state index in [4.69, 9.17) is 34.2 Å². The van der Waals surface area contributed by atoms with Crippen LogP contribution in [0, 0.1) is 0 Å². The second-order valence-electron chi connectivity index (χ2n) is 10.3. The summed E-state index contributed by atoms with van der Waals surface area (Å²) in [7, 11) is 0. The molecule has 3 N–H and O–H groups in total. The third-order valence-corrected chi connectivity index (χ3v) is 6.94. The maximum absolute atomic E-state index is 12.4. The van der Waals surface area contributed by atoms with Crippen LogP contribution in [-0.4, -0.2) is 60.0 Å². The van der Waals surface area contributed by atoms with Gasteiger partial charge < -0.3 is 39.3 Å². The van der Waals surface area contributed by atoms with Gasteiger partial charge in [-0.3, -0.25) is 4.79 Å². The summed E-state index contributed by atoms with van der Waals surface area (Å²) in [5, 5.41) is 9.70. The van der Waals surface area contributed by atoms with Crippen LogP contribution in [0.4, 0.5) is 14.4 Å². The first-order valence-corrected chi connectivity index (χ1v) is 14.2. The molecule has 2 rings (SSSR count). The molecule has 230 valence electrons. The largest absolute Gasteiger partial charge is 0.514 e. The van der Waals surface area contributed by atoms with Gasteiger partial charge in [0.2, 0.25) is 0 Å². The van der Waals surface area contributed by atoms with Crippen LogP contribution in [0.2, 0.25) is 0 Å². The molecule has 1 aromatic rings. The molecule has 4 unspecified atom stereocenters. The fraction of sp³-hybridized carbons (Fsp3) is 0.655. The van der Waals surface area contributed by atoms with E-state index in [0.29, 0.717) is 18.4 Å². The summed E-state index contributed by atoms with van der Waals surface area (Å²) >= 11 is 0. The van der Waals surface area contributed by atoms with E-state index in [-0.39, 0.29) is 24.0 Å². The summed E-state index contributed by atoms with van der Waals surface area (Å²) in [6.45, 7) is 8.63. The van der Waals surface area contributed by atoms with Crippen molar-refractivity contribution in [2.45, 2.75) is 122 Å². The summed E-state index contributed by atoms with van der Waals surface area (Å²) in [6.07, 6.45) is 1.03. The van der Waals surface area contributed by atoms with Crippen molar-refractivity contribution in [1.82, 2.24) is 0 Å². The lowest BCUT2D eigenvalue weighted by Crippen LogP contribution is -2.38. The molecule has 1 fully saturated rings. The molecule has 0 aliphatic heterocycles. The van der Waals surface area contributed by atoms with Crippen LogP contribution in [0.5, 0.6) is 11.5 Å². The third-order valence-electron chi connectivity index (χ3n) is 6.94. The number of carboxylic acid groups (broad SMARTS) is 1. The van der Waals surface area contributed by atoms with E-state index in [1.54, 1.807) is 20.8 Å². The van der Waals surface area contributed by atoms with E-state index in [1.165, 1.54) is 18.2 Å². The van der Waals surface area contributed by atoms with Crippen LogP contribution in [0.1, 0.15) is 97.5 Å². The number of carbonyl (C=O) groups excluding carboxylic acids is 3. The zero-order valence-corrected chi connectivity index (χ0v) is 24.5. The number of hydrogen-bond donors (Lipinski definition) is 2. The van der Waals surface area contributed by atoms with Crippen molar-refractivity contribution in [3.63, 3.8) is 0 Å². The van der Waals surface area contributed by atoms with Gasteiger partial charge in [0.15, 0.2) is 11.5 Å². The number of nitrogens with two attached hydrogens (primary N) is 1. The topological polar surface area (TPSA) is 170 Å². The fourth-order valence-electron chi connectivity index (χ4n) is 4.22. The monoisotopic (exact) mass is 581 g/mol. The summed E-state index contributed by atoms with van der Waals surface area (Å²) in [4.78, 5) is 48.9. The summed E-state index contributed by atoms with van der Waals surface area (Å²) in [6, 6.07) is 2.75. The van der Waals surface area contributed by atoms with Crippen molar-refractivity contribution in [3.8, 4) is 11.5 Å². The van der Waals surface area contributed by atoms with Crippen LogP contribution in [0.3, 0.4) is 0 Å². The van der Waals surface area contributed by atoms with Gasteiger partial charge in [-0.15, -0.1) is 0 Å². The van der Waals surface area contributed by atoms with Crippen molar-refractivity contribution in [2.24, 2.45) is 5.73 Å². The normalized spacial score (nSPS) is 17.2. The molecular formula is C29H43NO11. The van der Waals surface area contributed by atoms with Crippen LogP contribution >= 0.6 is 0 Å². The first kappa shape index (κ1) is 33.7.